The van der Waals surface area contributed by atoms with E-state index in [2.05, 4.69) is 5.10 Å². The average Bonchev–Trinajstić information content (AvgIpc) is 2.32. The molecular weight excluding hydrogens is 228 g/mol. The monoisotopic (exact) mass is 236 g/mol. The van der Waals surface area contributed by atoms with Crippen LogP contribution in [0.3, 0.4) is 0 Å². The minimum atomic E-state index is -0.227. The Morgan fingerprint density at radius 2 is 1.88 bits per heavy atom. The molecule has 0 saturated carbocycles. The summed E-state index contributed by atoms with van der Waals surface area (Å²) in [6, 6.07) is 9.82. The van der Waals surface area contributed by atoms with Gasteiger partial charge in [-0.05, 0) is 30.3 Å². The second kappa shape index (κ2) is 4.37. The van der Waals surface area contributed by atoms with Gasteiger partial charge in [0.05, 0.1) is 12.8 Å². The van der Waals surface area contributed by atoms with Crippen molar-refractivity contribution in [1.82, 2.24) is 9.78 Å². The highest BCUT2D eigenvalue weighted by Gasteiger charge is 2.02. The van der Waals surface area contributed by atoms with E-state index >= 15 is 0 Å². The van der Waals surface area contributed by atoms with E-state index < -0.39 is 0 Å². The second-order valence-electron chi connectivity index (χ2n) is 3.10. The topological polar surface area (TPSA) is 44.1 Å². The molecule has 16 heavy (non-hydrogen) atoms. The normalized spacial score (nSPS) is 10.1. The van der Waals surface area contributed by atoms with E-state index in [0.29, 0.717) is 5.69 Å². The Hall–Kier alpha value is -1.81. The number of halogens is 1. The maximum Gasteiger partial charge on any atom is 0.271 e. The van der Waals surface area contributed by atoms with Crippen LogP contribution in [0, 0.1) is 0 Å². The first-order chi connectivity index (χ1) is 7.70. The molecular formula is C11H9ClN2O2. The van der Waals surface area contributed by atoms with Crippen molar-refractivity contribution in [2.45, 2.75) is 0 Å². The summed E-state index contributed by atoms with van der Waals surface area (Å²) in [5.74, 6) is 0.721. The largest absolute Gasteiger partial charge is 0.497 e. The molecule has 0 aliphatic rings. The molecule has 0 saturated heterocycles. The molecule has 0 spiro atoms. The second-order valence-corrected chi connectivity index (χ2v) is 3.49. The fourth-order valence-electron chi connectivity index (χ4n) is 1.30. The lowest BCUT2D eigenvalue weighted by Gasteiger charge is -2.05. The van der Waals surface area contributed by atoms with Gasteiger partial charge in [0.25, 0.3) is 5.56 Å². The minimum Gasteiger partial charge on any atom is -0.497 e. The van der Waals surface area contributed by atoms with E-state index in [1.807, 2.05) is 0 Å². The Balaban J connectivity index is 2.50. The summed E-state index contributed by atoms with van der Waals surface area (Å²) >= 11 is 5.73. The SMILES string of the molecule is COc1ccc(-n2nc(Cl)ccc2=O)cc1. The van der Waals surface area contributed by atoms with Gasteiger partial charge in [-0.25, -0.2) is 0 Å². The molecule has 0 atom stereocenters. The molecule has 0 unspecified atom stereocenters. The van der Waals surface area contributed by atoms with Crippen molar-refractivity contribution < 1.29 is 4.74 Å². The molecule has 0 bridgehead atoms. The predicted molar refractivity (Wildman–Crippen MR) is 61.4 cm³/mol. The molecule has 2 aromatic rings. The van der Waals surface area contributed by atoms with Gasteiger partial charge in [-0.15, -0.1) is 0 Å². The van der Waals surface area contributed by atoms with Gasteiger partial charge in [-0.2, -0.15) is 9.78 Å². The highest BCUT2D eigenvalue weighted by molar-refractivity contribution is 6.29. The van der Waals surface area contributed by atoms with Crippen LogP contribution in [0.4, 0.5) is 0 Å². The van der Waals surface area contributed by atoms with E-state index in [4.69, 9.17) is 16.3 Å². The summed E-state index contributed by atoms with van der Waals surface area (Å²) in [4.78, 5) is 11.5. The minimum absolute atomic E-state index is 0.227. The van der Waals surface area contributed by atoms with Gasteiger partial charge in [0, 0.05) is 6.07 Å². The zero-order valence-corrected chi connectivity index (χ0v) is 9.31. The summed E-state index contributed by atoms with van der Waals surface area (Å²) in [6.07, 6.45) is 0. The van der Waals surface area contributed by atoms with Crippen LogP contribution in [-0.2, 0) is 0 Å². The Bertz CT molecular complexity index is 549. The zero-order valence-electron chi connectivity index (χ0n) is 8.55. The van der Waals surface area contributed by atoms with E-state index in [0.717, 1.165) is 5.75 Å². The third-order valence-electron chi connectivity index (χ3n) is 2.08. The van der Waals surface area contributed by atoms with Crippen LogP contribution in [0.15, 0.2) is 41.2 Å². The van der Waals surface area contributed by atoms with Crippen molar-refractivity contribution in [2.24, 2.45) is 0 Å². The molecule has 1 aromatic heterocycles. The fourth-order valence-corrected chi connectivity index (χ4v) is 1.44. The molecule has 0 aliphatic heterocycles. The third-order valence-corrected chi connectivity index (χ3v) is 2.29. The number of nitrogens with zero attached hydrogens (tertiary/aromatic N) is 2. The number of benzene rings is 1. The lowest BCUT2D eigenvalue weighted by atomic mass is 10.3. The highest BCUT2D eigenvalue weighted by Crippen LogP contribution is 2.13. The fraction of sp³-hybridized carbons (Fsp3) is 0.0909. The average molecular weight is 237 g/mol. The molecule has 2 rings (SSSR count). The molecule has 5 heteroatoms. The van der Waals surface area contributed by atoms with E-state index in [1.165, 1.54) is 16.8 Å². The standard InChI is InChI=1S/C11H9ClN2O2/c1-16-9-4-2-8(3-5-9)14-11(15)7-6-10(12)13-14/h2-7H,1H3. The van der Waals surface area contributed by atoms with Crippen molar-refractivity contribution in [2.75, 3.05) is 7.11 Å². The van der Waals surface area contributed by atoms with Crippen LogP contribution in [0.25, 0.3) is 5.69 Å². The van der Waals surface area contributed by atoms with Gasteiger partial charge in [-0.1, -0.05) is 11.6 Å². The number of hydrogen-bond acceptors (Lipinski definition) is 3. The van der Waals surface area contributed by atoms with E-state index in [-0.39, 0.29) is 10.7 Å². The van der Waals surface area contributed by atoms with Crippen molar-refractivity contribution in [3.05, 3.63) is 51.9 Å². The Morgan fingerprint density at radius 3 is 2.50 bits per heavy atom. The van der Waals surface area contributed by atoms with Gasteiger partial charge in [0.1, 0.15) is 10.9 Å². The van der Waals surface area contributed by atoms with Gasteiger partial charge in [0.15, 0.2) is 0 Å². The summed E-state index contributed by atoms with van der Waals surface area (Å²) in [5, 5.41) is 4.20. The molecule has 4 nitrogen and oxygen atoms in total. The van der Waals surface area contributed by atoms with Gasteiger partial charge in [0.2, 0.25) is 0 Å². The lowest BCUT2D eigenvalue weighted by Crippen LogP contribution is -2.19. The number of aromatic nitrogens is 2. The van der Waals surface area contributed by atoms with Gasteiger partial charge < -0.3 is 4.74 Å². The lowest BCUT2D eigenvalue weighted by molar-refractivity contribution is 0.414. The summed E-state index contributed by atoms with van der Waals surface area (Å²) in [5.41, 5.74) is 0.419. The van der Waals surface area contributed by atoms with Crippen molar-refractivity contribution >= 4 is 11.6 Å². The maximum absolute atomic E-state index is 11.5. The van der Waals surface area contributed by atoms with Crippen LogP contribution in [0.1, 0.15) is 0 Å². The third kappa shape index (κ3) is 2.06. The number of ether oxygens (including phenoxy) is 1. The van der Waals surface area contributed by atoms with E-state index in [9.17, 15) is 4.79 Å². The molecule has 0 N–H and O–H groups in total. The zero-order chi connectivity index (χ0) is 11.5. The molecule has 1 heterocycles. The maximum atomic E-state index is 11.5. The molecule has 0 radical (unpaired) electrons. The van der Waals surface area contributed by atoms with E-state index in [1.54, 1.807) is 31.4 Å². The number of hydrogen-bond donors (Lipinski definition) is 0. The van der Waals surface area contributed by atoms with Crippen LogP contribution in [0.2, 0.25) is 5.15 Å². The van der Waals surface area contributed by atoms with Crippen molar-refractivity contribution in [3.8, 4) is 11.4 Å². The van der Waals surface area contributed by atoms with Crippen molar-refractivity contribution in [3.63, 3.8) is 0 Å². The number of rotatable bonds is 2. The first-order valence-electron chi connectivity index (χ1n) is 4.61. The van der Waals surface area contributed by atoms with Crippen LogP contribution in [0.5, 0.6) is 5.75 Å². The number of methoxy groups -OCH3 is 1. The Morgan fingerprint density at radius 1 is 1.19 bits per heavy atom. The highest BCUT2D eigenvalue weighted by atomic mass is 35.5. The predicted octanol–water partition coefficient (Wildman–Crippen LogP) is 1.89. The first-order valence-corrected chi connectivity index (χ1v) is 4.99. The molecule has 0 fully saturated rings. The van der Waals surface area contributed by atoms with Crippen molar-refractivity contribution in [1.29, 1.82) is 0 Å². The quantitative estimate of drug-likeness (QED) is 0.800. The van der Waals surface area contributed by atoms with Crippen LogP contribution in [-0.4, -0.2) is 16.9 Å². The summed E-state index contributed by atoms with van der Waals surface area (Å²) in [6.45, 7) is 0. The molecule has 1 aromatic carbocycles. The molecule has 0 aliphatic carbocycles. The molecule has 0 amide bonds. The smallest absolute Gasteiger partial charge is 0.271 e. The van der Waals surface area contributed by atoms with Crippen LogP contribution >= 0.6 is 11.6 Å². The van der Waals surface area contributed by atoms with Gasteiger partial charge in [-0.3, -0.25) is 4.79 Å². The first kappa shape index (κ1) is 10.7. The van der Waals surface area contributed by atoms with Gasteiger partial charge >= 0.3 is 0 Å². The summed E-state index contributed by atoms with van der Waals surface area (Å²) < 4.78 is 6.26. The molecule has 82 valence electrons. The Labute approximate surface area is 97.0 Å². The Kier molecular flexibility index (Phi) is 2.92. The summed E-state index contributed by atoms with van der Waals surface area (Å²) in [7, 11) is 1.58. The van der Waals surface area contributed by atoms with Crippen LogP contribution < -0.4 is 10.3 Å².